The molecule has 0 bridgehead atoms. The maximum absolute atomic E-state index is 13.0. The van der Waals surface area contributed by atoms with E-state index in [0.29, 0.717) is 28.6 Å². The Morgan fingerprint density at radius 1 is 1.29 bits per heavy atom. The Morgan fingerprint density at radius 3 is 2.67 bits per heavy atom. The standard InChI is InChI=1S/C16H17F3N4S/c1-4-24-12-8-10(16(17,18)19)9-20-13(12)14-21-11-6-5-7-22(2)15(11)23(14)3/h5,7-9H,4,6H2,1-3H3. The van der Waals surface area contributed by atoms with Gasteiger partial charge in [-0.15, -0.1) is 11.8 Å². The average Bonchev–Trinajstić information content (AvgIpc) is 2.85. The van der Waals surface area contributed by atoms with Gasteiger partial charge in [0.1, 0.15) is 11.5 Å². The van der Waals surface area contributed by atoms with Crippen molar-refractivity contribution in [2.45, 2.75) is 24.4 Å². The highest BCUT2D eigenvalue weighted by molar-refractivity contribution is 7.99. The molecule has 2 aromatic heterocycles. The van der Waals surface area contributed by atoms with E-state index in [0.717, 1.165) is 23.8 Å². The summed E-state index contributed by atoms with van der Waals surface area (Å²) in [5.41, 5.74) is 0.645. The molecule has 4 nitrogen and oxygen atoms in total. The first kappa shape index (κ1) is 16.9. The van der Waals surface area contributed by atoms with Crippen molar-refractivity contribution in [2.24, 2.45) is 7.05 Å². The first-order valence-electron chi connectivity index (χ1n) is 7.48. The van der Waals surface area contributed by atoms with Crippen LogP contribution in [-0.4, -0.2) is 27.3 Å². The summed E-state index contributed by atoms with van der Waals surface area (Å²) in [5, 5.41) is 0. The smallest absolute Gasteiger partial charge is 0.336 e. The third-order valence-electron chi connectivity index (χ3n) is 3.80. The summed E-state index contributed by atoms with van der Waals surface area (Å²) >= 11 is 1.34. The van der Waals surface area contributed by atoms with E-state index in [9.17, 15) is 13.2 Å². The monoisotopic (exact) mass is 354 g/mol. The van der Waals surface area contributed by atoms with Crippen molar-refractivity contribution in [1.82, 2.24) is 14.5 Å². The van der Waals surface area contributed by atoms with E-state index in [1.807, 2.05) is 42.8 Å². The summed E-state index contributed by atoms with van der Waals surface area (Å²) in [6.07, 6.45) is 1.13. The van der Waals surface area contributed by atoms with Gasteiger partial charge in [-0.25, -0.2) is 4.98 Å². The molecule has 3 rings (SSSR count). The fraction of sp³-hybridized carbons (Fsp3) is 0.375. The fourth-order valence-corrected chi connectivity index (χ4v) is 3.56. The number of hydrogen-bond donors (Lipinski definition) is 0. The highest BCUT2D eigenvalue weighted by atomic mass is 32.2. The Hall–Kier alpha value is -1.96. The van der Waals surface area contributed by atoms with Crippen molar-refractivity contribution in [2.75, 3.05) is 17.7 Å². The van der Waals surface area contributed by atoms with E-state index in [4.69, 9.17) is 0 Å². The molecule has 0 spiro atoms. The van der Waals surface area contributed by atoms with Gasteiger partial charge in [0.15, 0.2) is 5.82 Å². The minimum atomic E-state index is -4.40. The first-order valence-corrected chi connectivity index (χ1v) is 8.47. The molecule has 0 fully saturated rings. The number of pyridine rings is 1. The van der Waals surface area contributed by atoms with Crippen LogP contribution in [0.2, 0.25) is 0 Å². The van der Waals surface area contributed by atoms with Crippen LogP contribution in [0.1, 0.15) is 18.2 Å². The number of allylic oxidation sites excluding steroid dienone is 1. The fourth-order valence-electron chi connectivity index (χ4n) is 2.76. The molecule has 0 amide bonds. The lowest BCUT2D eigenvalue weighted by atomic mass is 10.2. The number of imidazole rings is 1. The zero-order valence-corrected chi connectivity index (χ0v) is 14.4. The van der Waals surface area contributed by atoms with Gasteiger partial charge in [0, 0.05) is 37.8 Å². The lowest BCUT2D eigenvalue weighted by Crippen LogP contribution is -2.16. The number of anilines is 1. The molecule has 0 atom stereocenters. The van der Waals surface area contributed by atoms with Gasteiger partial charge in [-0.3, -0.25) is 4.98 Å². The van der Waals surface area contributed by atoms with Gasteiger partial charge in [-0.1, -0.05) is 13.0 Å². The second-order valence-corrected chi connectivity index (χ2v) is 6.77. The summed E-state index contributed by atoms with van der Waals surface area (Å²) < 4.78 is 40.8. The van der Waals surface area contributed by atoms with Gasteiger partial charge in [0.25, 0.3) is 0 Å². The first-order chi connectivity index (χ1) is 11.3. The van der Waals surface area contributed by atoms with Crippen LogP contribution in [-0.2, 0) is 19.6 Å². The summed E-state index contributed by atoms with van der Waals surface area (Å²) in [5.74, 6) is 2.17. The molecule has 0 saturated carbocycles. The molecule has 1 aliphatic rings. The van der Waals surface area contributed by atoms with E-state index in [2.05, 4.69) is 9.97 Å². The molecule has 0 aromatic carbocycles. The molecule has 1 aliphatic heterocycles. The molecule has 2 aromatic rings. The largest absolute Gasteiger partial charge is 0.417 e. The Morgan fingerprint density at radius 2 is 2.04 bits per heavy atom. The Balaban J connectivity index is 2.13. The van der Waals surface area contributed by atoms with Gasteiger partial charge in [-0.2, -0.15) is 13.2 Å². The quantitative estimate of drug-likeness (QED) is 0.777. The van der Waals surface area contributed by atoms with E-state index in [-0.39, 0.29) is 0 Å². The summed E-state index contributed by atoms with van der Waals surface area (Å²) in [4.78, 5) is 11.2. The average molecular weight is 354 g/mol. The van der Waals surface area contributed by atoms with E-state index >= 15 is 0 Å². The van der Waals surface area contributed by atoms with Crippen molar-refractivity contribution < 1.29 is 13.2 Å². The van der Waals surface area contributed by atoms with Gasteiger partial charge >= 0.3 is 6.18 Å². The maximum atomic E-state index is 13.0. The number of alkyl halides is 3. The Kier molecular flexibility index (Phi) is 4.33. The van der Waals surface area contributed by atoms with Crippen molar-refractivity contribution in [3.8, 4) is 11.5 Å². The molecule has 0 radical (unpaired) electrons. The third-order valence-corrected chi connectivity index (χ3v) is 4.71. The number of rotatable bonds is 3. The maximum Gasteiger partial charge on any atom is 0.417 e. The molecule has 0 saturated heterocycles. The van der Waals surface area contributed by atoms with Crippen LogP contribution in [0.4, 0.5) is 19.0 Å². The predicted octanol–water partition coefficient (Wildman–Crippen LogP) is 4.12. The topological polar surface area (TPSA) is 34.0 Å². The number of nitrogens with zero attached hydrogens (tertiary/aromatic N) is 4. The second-order valence-electron chi connectivity index (χ2n) is 5.47. The molecular formula is C16H17F3N4S. The van der Waals surface area contributed by atoms with Crippen molar-refractivity contribution >= 4 is 17.6 Å². The van der Waals surface area contributed by atoms with Crippen LogP contribution in [0, 0.1) is 0 Å². The van der Waals surface area contributed by atoms with Crippen LogP contribution in [0.15, 0.2) is 29.4 Å². The molecule has 24 heavy (non-hydrogen) atoms. The number of hydrogen-bond acceptors (Lipinski definition) is 4. The number of thioether (sulfide) groups is 1. The van der Waals surface area contributed by atoms with E-state index in [1.54, 1.807) is 0 Å². The van der Waals surface area contributed by atoms with Gasteiger partial charge in [0.05, 0.1) is 11.3 Å². The lowest BCUT2D eigenvalue weighted by Gasteiger charge is -2.19. The minimum absolute atomic E-state index is 0.486. The molecule has 0 unspecified atom stereocenters. The summed E-state index contributed by atoms with van der Waals surface area (Å²) in [6, 6.07) is 1.16. The molecule has 0 N–H and O–H groups in total. The molecule has 128 valence electrons. The SMILES string of the molecule is CCSc1cc(C(F)(F)F)cnc1-c1nc2c(n1C)N(C)C=CC2. The predicted molar refractivity (Wildman–Crippen MR) is 89.1 cm³/mol. The molecule has 3 heterocycles. The van der Waals surface area contributed by atoms with E-state index < -0.39 is 11.7 Å². The highest BCUT2D eigenvalue weighted by Crippen LogP contribution is 2.37. The number of halogens is 3. The van der Waals surface area contributed by atoms with E-state index in [1.165, 1.54) is 11.8 Å². The lowest BCUT2D eigenvalue weighted by molar-refractivity contribution is -0.138. The van der Waals surface area contributed by atoms with Crippen LogP contribution >= 0.6 is 11.8 Å². The molecule has 0 aliphatic carbocycles. The van der Waals surface area contributed by atoms with Crippen molar-refractivity contribution in [3.05, 3.63) is 35.8 Å². The van der Waals surface area contributed by atoms with Crippen LogP contribution in [0.3, 0.4) is 0 Å². The summed E-state index contributed by atoms with van der Waals surface area (Å²) in [6.45, 7) is 1.90. The summed E-state index contributed by atoms with van der Waals surface area (Å²) in [7, 11) is 3.78. The van der Waals surface area contributed by atoms with Gasteiger partial charge in [0.2, 0.25) is 0 Å². The normalized spacial score (nSPS) is 14.2. The van der Waals surface area contributed by atoms with Gasteiger partial charge < -0.3 is 9.47 Å². The van der Waals surface area contributed by atoms with Crippen molar-refractivity contribution in [3.63, 3.8) is 0 Å². The Bertz CT molecular complexity index is 795. The van der Waals surface area contributed by atoms with Crippen LogP contribution < -0.4 is 4.90 Å². The zero-order valence-electron chi connectivity index (χ0n) is 13.6. The van der Waals surface area contributed by atoms with Gasteiger partial charge in [-0.05, 0) is 11.8 Å². The van der Waals surface area contributed by atoms with Crippen LogP contribution in [0.25, 0.3) is 11.5 Å². The van der Waals surface area contributed by atoms with Crippen molar-refractivity contribution in [1.29, 1.82) is 0 Å². The number of aromatic nitrogens is 3. The number of fused-ring (bicyclic) bond motifs is 1. The minimum Gasteiger partial charge on any atom is -0.336 e. The highest BCUT2D eigenvalue weighted by Gasteiger charge is 2.32. The zero-order chi connectivity index (χ0) is 17.5. The van der Waals surface area contributed by atoms with Crippen LogP contribution in [0.5, 0.6) is 0 Å². The third kappa shape index (κ3) is 2.90. The molecular weight excluding hydrogens is 337 g/mol. The Labute approximate surface area is 142 Å². The molecule has 8 heteroatoms. The second kappa shape index (κ2) is 6.16.